The van der Waals surface area contributed by atoms with E-state index in [-0.39, 0.29) is 12.4 Å². The van der Waals surface area contributed by atoms with Crippen LogP contribution in [0.25, 0.3) is 0 Å². The number of tetrazole rings is 1. The van der Waals surface area contributed by atoms with Crippen molar-refractivity contribution in [3.05, 3.63) is 74.8 Å². The van der Waals surface area contributed by atoms with Crippen molar-refractivity contribution in [3.8, 4) is 0 Å². The minimum atomic E-state index is -1.41. The number of carbonyl (C=O) groups excluding carboxylic acids is 2. The molecule has 14 nitrogen and oxygen atoms in total. The second-order valence-corrected chi connectivity index (χ2v) is 7.17. The molecule has 0 saturated heterocycles. The minimum Gasteiger partial charge on any atom is -0.481 e. The lowest BCUT2D eigenvalue weighted by molar-refractivity contribution is -0.139. The molecule has 1 aromatic carbocycles. The van der Waals surface area contributed by atoms with E-state index in [9.17, 15) is 24.0 Å². The number of ketones is 1. The number of aromatic amines is 1. The lowest BCUT2D eigenvalue weighted by Crippen LogP contribution is -2.44. The summed E-state index contributed by atoms with van der Waals surface area (Å²) in [5, 5.41) is 22.8. The van der Waals surface area contributed by atoms with Gasteiger partial charge in [0.1, 0.15) is 25.2 Å². The second-order valence-electron chi connectivity index (χ2n) is 7.17. The van der Waals surface area contributed by atoms with Gasteiger partial charge in [-0.2, -0.15) is 4.80 Å². The molecular weight excluding hydrogens is 450 g/mol. The molecule has 3 aromatic rings. The first kappa shape index (κ1) is 24.0. The second kappa shape index (κ2) is 10.8. The molecule has 2 unspecified atom stereocenters. The van der Waals surface area contributed by atoms with E-state index in [1.165, 1.54) is 13.1 Å². The Kier molecular flexibility index (Phi) is 7.63. The number of aromatic nitrogens is 6. The van der Waals surface area contributed by atoms with Gasteiger partial charge in [0.15, 0.2) is 11.6 Å². The van der Waals surface area contributed by atoms with Crippen LogP contribution in [-0.2, 0) is 27.5 Å². The molecule has 14 heteroatoms. The van der Waals surface area contributed by atoms with E-state index >= 15 is 0 Å². The normalized spacial score (nSPS) is 12.5. The molecule has 178 valence electrons. The van der Waals surface area contributed by atoms with E-state index in [4.69, 9.17) is 9.84 Å². The van der Waals surface area contributed by atoms with E-state index in [0.717, 1.165) is 15.4 Å². The van der Waals surface area contributed by atoms with Gasteiger partial charge in [0.05, 0.1) is 6.42 Å². The van der Waals surface area contributed by atoms with E-state index in [2.05, 4.69) is 25.7 Å². The number of nitrogens with one attached hydrogen (secondary N) is 2. The maximum Gasteiger partial charge on any atom is 0.408 e. The molecule has 0 radical (unpaired) electrons. The summed E-state index contributed by atoms with van der Waals surface area (Å²) in [4.78, 5) is 63.1. The van der Waals surface area contributed by atoms with Crippen LogP contribution in [-0.4, -0.2) is 58.8 Å². The fraction of sp³-hybridized carbons (Fsp3) is 0.300. The summed E-state index contributed by atoms with van der Waals surface area (Å²) in [7, 11) is 0. The van der Waals surface area contributed by atoms with Crippen molar-refractivity contribution >= 4 is 17.8 Å². The van der Waals surface area contributed by atoms with Crippen LogP contribution in [0.4, 0.5) is 4.79 Å². The molecule has 2 aromatic heterocycles. The predicted octanol–water partition coefficient (Wildman–Crippen LogP) is -0.529. The molecular formula is C20H21N7O7. The number of amides is 1. The highest BCUT2D eigenvalue weighted by atomic mass is 16.5. The minimum absolute atomic E-state index is 0.0170. The van der Waals surface area contributed by atoms with Crippen molar-refractivity contribution in [1.29, 1.82) is 0 Å². The molecule has 0 spiro atoms. The average Bonchev–Trinajstić information content (AvgIpc) is 3.26. The standard InChI is InChI=1S/C20H21N7O7/c1-12(27-16(29)7-8-21-19(27)32)18-23-25-26(24-18)10-15(28)14(9-17(30)31)22-20(33)34-11-13-5-3-2-4-6-13/h2-8,12,14H,9-11H2,1H3,(H,21,32)(H,22,33)(H,30,31). The number of Topliss-reactive ketones (excluding diaryl/α,β-unsaturated/α-hetero) is 1. The maximum atomic E-state index is 12.6. The molecule has 0 aliphatic carbocycles. The molecule has 0 bridgehead atoms. The molecule has 34 heavy (non-hydrogen) atoms. The van der Waals surface area contributed by atoms with Crippen molar-refractivity contribution in [1.82, 2.24) is 35.1 Å². The number of alkyl carbamates (subject to hydrolysis) is 1. The number of carboxylic acid groups (broad SMARTS) is 1. The van der Waals surface area contributed by atoms with Gasteiger partial charge in [-0.3, -0.25) is 14.4 Å². The maximum absolute atomic E-state index is 12.6. The quantitative estimate of drug-likeness (QED) is 0.346. The summed E-state index contributed by atoms with van der Waals surface area (Å²) in [5.74, 6) is -2.05. The topological polar surface area (TPSA) is 191 Å². The fourth-order valence-electron chi connectivity index (χ4n) is 2.98. The van der Waals surface area contributed by atoms with Crippen molar-refractivity contribution < 1.29 is 24.2 Å². The third-order valence-electron chi connectivity index (χ3n) is 4.69. The summed E-state index contributed by atoms with van der Waals surface area (Å²) in [6, 6.07) is 7.65. The van der Waals surface area contributed by atoms with Crippen LogP contribution in [0.1, 0.15) is 30.8 Å². The Labute approximate surface area is 191 Å². The van der Waals surface area contributed by atoms with Crippen LogP contribution in [0.5, 0.6) is 0 Å². The van der Waals surface area contributed by atoms with Crippen molar-refractivity contribution in [2.45, 2.75) is 38.6 Å². The largest absolute Gasteiger partial charge is 0.481 e. The lowest BCUT2D eigenvalue weighted by Gasteiger charge is -2.15. The van der Waals surface area contributed by atoms with Crippen molar-refractivity contribution in [2.24, 2.45) is 0 Å². The Morgan fingerprint density at radius 1 is 1.18 bits per heavy atom. The lowest BCUT2D eigenvalue weighted by atomic mass is 10.1. The van der Waals surface area contributed by atoms with E-state index in [1.807, 2.05) is 0 Å². The predicted molar refractivity (Wildman–Crippen MR) is 114 cm³/mol. The number of hydrogen-bond donors (Lipinski definition) is 3. The molecule has 0 aliphatic heterocycles. The Morgan fingerprint density at radius 2 is 1.91 bits per heavy atom. The number of H-pyrrole nitrogens is 1. The number of carbonyl (C=O) groups is 3. The molecule has 1 amide bonds. The first-order valence-corrected chi connectivity index (χ1v) is 10.0. The summed E-state index contributed by atoms with van der Waals surface area (Å²) < 4.78 is 5.91. The van der Waals surface area contributed by atoms with Crippen LogP contribution < -0.4 is 16.6 Å². The third-order valence-corrected chi connectivity index (χ3v) is 4.69. The summed E-state index contributed by atoms with van der Waals surface area (Å²) in [5.41, 5.74) is -0.542. The van der Waals surface area contributed by atoms with Gasteiger partial charge in [-0.25, -0.2) is 14.2 Å². The smallest absolute Gasteiger partial charge is 0.408 e. The van der Waals surface area contributed by atoms with Crippen LogP contribution in [0.3, 0.4) is 0 Å². The highest BCUT2D eigenvalue weighted by Crippen LogP contribution is 2.08. The zero-order valence-electron chi connectivity index (χ0n) is 18.0. The molecule has 2 heterocycles. The van der Waals surface area contributed by atoms with E-state index in [1.54, 1.807) is 30.3 Å². The van der Waals surface area contributed by atoms with Crippen LogP contribution >= 0.6 is 0 Å². The molecule has 2 atom stereocenters. The molecule has 0 saturated carbocycles. The number of nitrogens with zero attached hydrogens (tertiary/aromatic N) is 5. The van der Waals surface area contributed by atoms with Crippen molar-refractivity contribution in [3.63, 3.8) is 0 Å². The molecule has 0 fully saturated rings. The fourth-order valence-corrected chi connectivity index (χ4v) is 2.98. The Morgan fingerprint density at radius 3 is 2.59 bits per heavy atom. The zero-order valence-corrected chi connectivity index (χ0v) is 18.0. The van der Waals surface area contributed by atoms with Gasteiger partial charge in [-0.15, -0.1) is 10.2 Å². The number of hydrogen-bond acceptors (Lipinski definition) is 9. The average molecular weight is 471 g/mol. The molecule has 3 N–H and O–H groups in total. The summed E-state index contributed by atoms with van der Waals surface area (Å²) >= 11 is 0. The number of aliphatic carboxylic acids is 1. The van der Waals surface area contributed by atoms with Gasteiger partial charge in [0.2, 0.25) is 0 Å². The number of carboxylic acids is 1. The number of rotatable bonds is 10. The Bertz CT molecular complexity index is 1250. The van der Waals surface area contributed by atoms with Crippen LogP contribution in [0.15, 0.2) is 52.2 Å². The molecule has 0 aliphatic rings. The van der Waals surface area contributed by atoms with Gasteiger partial charge in [0, 0.05) is 12.3 Å². The molecule has 3 rings (SSSR count). The zero-order chi connectivity index (χ0) is 24.7. The highest BCUT2D eigenvalue weighted by Gasteiger charge is 2.26. The van der Waals surface area contributed by atoms with Crippen molar-refractivity contribution in [2.75, 3.05) is 0 Å². The summed E-state index contributed by atoms with van der Waals surface area (Å²) in [6.45, 7) is 0.915. The number of benzene rings is 1. The van der Waals surface area contributed by atoms with E-state index < -0.39 is 54.1 Å². The Hall–Kier alpha value is -4.62. The van der Waals surface area contributed by atoms with Gasteiger partial charge in [-0.05, 0) is 17.7 Å². The first-order chi connectivity index (χ1) is 16.2. The number of ether oxygens (including phenoxy) is 1. The van der Waals surface area contributed by atoms with Gasteiger partial charge < -0.3 is 20.1 Å². The summed E-state index contributed by atoms with van der Waals surface area (Å²) in [6.07, 6.45) is -0.449. The Balaban J connectivity index is 1.66. The first-order valence-electron chi connectivity index (χ1n) is 10.0. The van der Waals surface area contributed by atoms with E-state index in [0.29, 0.717) is 5.56 Å². The highest BCUT2D eigenvalue weighted by molar-refractivity contribution is 5.90. The van der Waals surface area contributed by atoms with Gasteiger partial charge in [-0.1, -0.05) is 30.3 Å². The van der Waals surface area contributed by atoms with Gasteiger partial charge in [0.25, 0.3) is 5.56 Å². The van der Waals surface area contributed by atoms with Crippen LogP contribution in [0, 0.1) is 0 Å². The monoisotopic (exact) mass is 471 g/mol. The van der Waals surface area contributed by atoms with Gasteiger partial charge >= 0.3 is 17.8 Å². The third kappa shape index (κ3) is 6.21. The van der Waals surface area contributed by atoms with Crippen LogP contribution in [0.2, 0.25) is 0 Å². The SMILES string of the molecule is CC(c1nnn(CC(=O)C(CC(=O)O)NC(=O)OCc2ccccc2)n1)n1c(=O)cc[nH]c1=O.